The van der Waals surface area contributed by atoms with Crippen LogP contribution in [0.3, 0.4) is 0 Å². The maximum atomic E-state index is 12.3. The van der Waals surface area contributed by atoms with E-state index in [9.17, 15) is 18.0 Å². The van der Waals surface area contributed by atoms with Crippen molar-refractivity contribution in [3.8, 4) is 0 Å². The van der Waals surface area contributed by atoms with E-state index in [0.717, 1.165) is 11.6 Å². The molecule has 0 bridgehead atoms. The van der Waals surface area contributed by atoms with Crippen LogP contribution in [0, 0.1) is 0 Å². The molecule has 10 heteroatoms. The first-order valence-corrected chi connectivity index (χ1v) is 8.93. The molecular weight excluding hydrogens is 358 g/mol. The summed E-state index contributed by atoms with van der Waals surface area (Å²) in [6, 6.07) is 12.3. The van der Waals surface area contributed by atoms with Crippen molar-refractivity contribution < 1.29 is 13.2 Å². The van der Waals surface area contributed by atoms with Crippen LogP contribution in [0.25, 0.3) is 10.9 Å². The summed E-state index contributed by atoms with van der Waals surface area (Å²) in [4.78, 5) is 27.4. The van der Waals surface area contributed by atoms with E-state index in [2.05, 4.69) is 10.3 Å². The topological polar surface area (TPSA) is 136 Å². The summed E-state index contributed by atoms with van der Waals surface area (Å²) < 4.78 is 26.6. The Labute approximate surface area is 148 Å². The molecule has 1 amide bonds. The summed E-state index contributed by atoms with van der Waals surface area (Å²) in [7, 11) is -3.92. The highest BCUT2D eigenvalue weighted by Gasteiger charge is 2.15. The molecule has 3 aromatic rings. The Bertz CT molecular complexity index is 1150. The third-order valence-electron chi connectivity index (χ3n) is 3.51. The van der Waals surface area contributed by atoms with E-state index in [4.69, 9.17) is 5.84 Å². The zero-order chi connectivity index (χ0) is 18.9. The second kappa shape index (κ2) is 6.48. The number of benzene rings is 2. The van der Waals surface area contributed by atoms with Gasteiger partial charge in [-0.2, -0.15) is 4.68 Å². The van der Waals surface area contributed by atoms with Crippen molar-refractivity contribution in [2.75, 3.05) is 11.2 Å². The second-order valence-electron chi connectivity index (χ2n) is 5.44. The van der Waals surface area contributed by atoms with Crippen LogP contribution in [0.1, 0.15) is 6.92 Å². The molecule has 0 spiro atoms. The summed E-state index contributed by atoms with van der Waals surface area (Å²) in [5.41, 5.74) is 0.530. The van der Waals surface area contributed by atoms with Gasteiger partial charge < -0.3 is 11.2 Å². The minimum Gasteiger partial charge on any atom is -0.333 e. The number of anilines is 2. The number of fused-ring (bicyclic) bond motifs is 1. The average molecular weight is 373 g/mol. The lowest BCUT2D eigenvalue weighted by Gasteiger charge is -2.11. The van der Waals surface area contributed by atoms with Gasteiger partial charge in [-0.05, 0) is 36.4 Å². The smallest absolute Gasteiger partial charge is 0.281 e. The maximum absolute atomic E-state index is 12.3. The number of carbonyl (C=O) groups is 1. The van der Waals surface area contributed by atoms with Crippen LogP contribution in [-0.4, -0.2) is 24.0 Å². The fourth-order valence-corrected chi connectivity index (χ4v) is 3.32. The summed E-state index contributed by atoms with van der Waals surface area (Å²) in [6.07, 6.45) is 0. The van der Waals surface area contributed by atoms with Crippen molar-refractivity contribution in [1.29, 1.82) is 0 Å². The van der Waals surface area contributed by atoms with Crippen LogP contribution in [0.5, 0.6) is 0 Å². The van der Waals surface area contributed by atoms with Crippen LogP contribution < -0.4 is 21.4 Å². The number of nitrogens with zero attached hydrogens (tertiary/aromatic N) is 2. The number of nitrogens with two attached hydrogens (primary N) is 1. The molecule has 0 aliphatic carbocycles. The number of para-hydroxylation sites is 1. The quantitative estimate of drug-likeness (QED) is 0.572. The van der Waals surface area contributed by atoms with Gasteiger partial charge in [0, 0.05) is 12.6 Å². The lowest BCUT2D eigenvalue weighted by molar-refractivity contribution is -0.117. The highest BCUT2D eigenvalue weighted by Crippen LogP contribution is 2.18. The molecule has 1 aromatic heterocycles. The van der Waals surface area contributed by atoms with Crippen molar-refractivity contribution in [3.05, 3.63) is 58.9 Å². The van der Waals surface area contributed by atoms with Gasteiger partial charge in [0.2, 0.25) is 11.9 Å². The van der Waals surface area contributed by atoms with Crippen molar-refractivity contribution in [2.24, 2.45) is 0 Å². The van der Waals surface area contributed by atoms with Crippen molar-refractivity contribution in [1.82, 2.24) is 14.4 Å². The summed E-state index contributed by atoms with van der Waals surface area (Å²) in [5.74, 6) is 5.21. The van der Waals surface area contributed by atoms with Crippen molar-refractivity contribution in [2.45, 2.75) is 11.8 Å². The highest BCUT2D eigenvalue weighted by molar-refractivity contribution is 7.90. The molecule has 4 N–H and O–H groups in total. The highest BCUT2D eigenvalue weighted by atomic mass is 32.2. The van der Waals surface area contributed by atoms with Crippen molar-refractivity contribution >= 4 is 38.5 Å². The lowest BCUT2D eigenvalue weighted by Crippen LogP contribution is -2.30. The Morgan fingerprint density at radius 3 is 2.42 bits per heavy atom. The van der Waals surface area contributed by atoms with Crippen LogP contribution in [0.2, 0.25) is 0 Å². The molecule has 9 nitrogen and oxygen atoms in total. The molecule has 134 valence electrons. The molecule has 0 aliphatic rings. The van der Waals surface area contributed by atoms with E-state index in [1.54, 1.807) is 24.3 Å². The van der Waals surface area contributed by atoms with Crippen LogP contribution in [0.4, 0.5) is 11.6 Å². The number of rotatable bonds is 4. The zero-order valence-corrected chi connectivity index (χ0v) is 14.4. The monoisotopic (exact) mass is 373 g/mol. The Hall–Kier alpha value is -3.40. The number of nitrogens with one attached hydrogen (secondary N) is 2. The van der Waals surface area contributed by atoms with Gasteiger partial charge in [-0.15, -0.1) is 0 Å². The van der Waals surface area contributed by atoms with Crippen LogP contribution >= 0.6 is 0 Å². The minimum absolute atomic E-state index is 0.0742. The predicted molar refractivity (Wildman–Crippen MR) is 96.9 cm³/mol. The minimum atomic E-state index is -3.92. The molecule has 26 heavy (non-hydrogen) atoms. The standard InChI is InChI=1S/C16H15N5O4S/c1-10(22)20-26(24,25)12-8-6-11(7-9-12)18-16-19-14-5-3-2-4-13(14)15(23)21(16)17/h2-9H,17H2,1H3,(H,18,19)(H,20,22). The molecule has 0 saturated heterocycles. The van der Waals surface area contributed by atoms with Gasteiger partial charge in [0.25, 0.3) is 15.6 Å². The third-order valence-corrected chi connectivity index (χ3v) is 4.96. The summed E-state index contributed by atoms with van der Waals surface area (Å²) >= 11 is 0. The molecule has 0 aliphatic heterocycles. The normalized spacial score (nSPS) is 11.3. The fourth-order valence-electron chi connectivity index (χ4n) is 2.33. The Morgan fingerprint density at radius 1 is 1.12 bits per heavy atom. The molecule has 2 aromatic carbocycles. The van der Waals surface area contributed by atoms with Gasteiger partial charge in [0.1, 0.15) is 0 Å². The van der Waals surface area contributed by atoms with Crippen molar-refractivity contribution in [3.63, 3.8) is 0 Å². The largest absolute Gasteiger partial charge is 0.333 e. The number of aromatic nitrogens is 2. The number of nitrogen functional groups attached to an aromatic ring is 1. The zero-order valence-electron chi connectivity index (χ0n) is 13.6. The molecule has 0 radical (unpaired) electrons. The lowest BCUT2D eigenvalue weighted by atomic mass is 10.2. The van der Waals surface area contributed by atoms with Gasteiger partial charge in [-0.25, -0.2) is 18.1 Å². The number of hydrogen-bond acceptors (Lipinski definition) is 7. The van der Waals surface area contributed by atoms with E-state index in [1.807, 2.05) is 4.72 Å². The second-order valence-corrected chi connectivity index (χ2v) is 7.12. The average Bonchev–Trinajstić information content (AvgIpc) is 2.59. The van der Waals surface area contributed by atoms with E-state index >= 15 is 0 Å². The van der Waals surface area contributed by atoms with Gasteiger partial charge in [-0.3, -0.25) is 9.59 Å². The molecular formula is C16H15N5O4S. The number of carbonyl (C=O) groups excluding carboxylic acids is 1. The maximum Gasteiger partial charge on any atom is 0.281 e. The first-order valence-electron chi connectivity index (χ1n) is 7.45. The van der Waals surface area contributed by atoms with E-state index < -0.39 is 21.5 Å². The molecule has 0 unspecified atom stereocenters. The molecule has 0 atom stereocenters. The summed E-state index contributed by atoms with van der Waals surface area (Å²) in [5, 5.41) is 3.26. The number of amides is 1. The number of sulfonamides is 1. The summed E-state index contributed by atoms with van der Waals surface area (Å²) in [6.45, 7) is 1.11. The third kappa shape index (κ3) is 3.35. The predicted octanol–water partition coefficient (Wildman–Crippen LogP) is 0.679. The first-order chi connectivity index (χ1) is 12.3. The Balaban J connectivity index is 1.93. The molecule has 3 rings (SSSR count). The Morgan fingerprint density at radius 2 is 1.77 bits per heavy atom. The van der Waals surface area contributed by atoms with E-state index in [-0.39, 0.29) is 10.8 Å². The van der Waals surface area contributed by atoms with Gasteiger partial charge in [0.05, 0.1) is 15.8 Å². The SMILES string of the molecule is CC(=O)NS(=O)(=O)c1ccc(Nc2nc3ccccc3c(=O)n2N)cc1. The molecule has 0 fully saturated rings. The molecule has 0 saturated carbocycles. The number of hydrogen-bond donors (Lipinski definition) is 3. The van der Waals surface area contributed by atoms with Crippen LogP contribution in [0.15, 0.2) is 58.2 Å². The Kier molecular flexibility index (Phi) is 4.34. The van der Waals surface area contributed by atoms with Gasteiger partial charge in [-0.1, -0.05) is 12.1 Å². The van der Waals surface area contributed by atoms with E-state index in [0.29, 0.717) is 16.6 Å². The van der Waals surface area contributed by atoms with E-state index in [1.165, 1.54) is 24.3 Å². The van der Waals surface area contributed by atoms with Gasteiger partial charge in [0.15, 0.2) is 0 Å². The first kappa shape index (κ1) is 17.4. The molecule has 1 heterocycles. The fraction of sp³-hybridized carbons (Fsp3) is 0.0625. The van der Waals surface area contributed by atoms with Crippen LogP contribution in [-0.2, 0) is 14.8 Å². The van der Waals surface area contributed by atoms with Gasteiger partial charge >= 0.3 is 0 Å².